The second-order valence-electron chi connectivity index (χ2n) is 4.97. The molecule has 3 nitrogen and oxygen atoms in total. The molecule has 3 atom stereocenters. The summed E-state index contributed by atoms with van der Waals surface area (Å²) in [6.07, 6.45) is 4.84. The van der Waals surface area contributed by atoms with Crippen molar-refractivity contribution in [3.63, 3.8) is 0 Å². The molecule has 0 aliphatic carbocycles. The van der Waals surface area contributed by atoms with Crippen LogP contribution in [0.5, 0.6) is 0 Å². The molecular formula is C11H20O3. The molecule has 0 amide bonds. The Kier molecular flexibility index (Phi) is 2.58. The van der Waals surface area contributed by atoms with Gasteiger partial charge in [-0.05, 0) is 31.6 Å². The van der Waals surface area contributed by atoms with E-state index in [-0.39, 0.29) is 24.4 Å². The molecule has 2 heterocycles. The molecule has 0 aromatic rings. The zero-order valence-electron chi connectivity index (χ0n) is 8.83. The first-order valence-corrected chi connectivity index (χ1v) is 5.59. The van der Waals surface area contributed by atoms with E-state index in [1.165, 1.54) is 0 Å². The first-order chi connectivity index (χ1) is 6.67. The largest absolute Gasteiger partial charge is 0.393 e. The summed E-state index contributed by atoms with van der Waals surface area (Å²) in [5.41, 5.74) is -0.663. The second kappa shape index (κ2) is 3.47. The zero-order valence-corrected chi connectivity index (χ0v) is 8.83. The molecule has 2 saturated heterocycles. The number of aliphatic hydroxyl groups is 2. The van der Waals surface area contributed by atoms with Crippen LogP contribution >= 0.6 is 0 Å². The normalized spacial score (nSPS) is 46.9. The number of aliphatic hydroxyl groups excluding tert-OH is 2. The quantitative estimate of drug-likeness (QED) is 0.716. The summed E-state index contributed by atoms with van der Waals surface area (Å²) in [6, 6.07) is 0. The molecule has 2 N–H and O–H groups in total. The van der Waals surface area contributed by atoms with Crippen molar-refractivity contribution in [3.8, 4) is 0 Å². The van der Waals surface area contributed by atoms with E-state index in [1.54, 1.807) is 0 Å². The number of ether oxygens (including phenoxy) is 1. The molecule has 1 unspecified atom stereocenters. The first-order valence-electron chi connectivity index (χ1n) is 5.59. The molecule has 0 aromatic heterocycles. The lowest BCUT2D eigenvalue weighted by Crippen LogP contribution is -2.47. The van der Waals surface area contributed by atoms with E-state index in [9.17, 15) is 10.2 Å². The highest BCUT2D eigenvalue weighted by atomic mass is 16.6. The highest BCUT2D eigenvalue weighted by molar-refractivity contribution is 5.03. The zero-order chi connectivity index (χ0) is 10.2. The minimum atomic E-state index is -0.332. The van der Waals surface area contributed by atoms with Crippen LogP contribution in [0.25, 0.3) is 0 Å². The molecule has 2 rings (SSSR count). The Morgan fingerprint density at radius 2 is 1.64 bits per heavy atom. The Labute approximate surface area is 85.1 Å². The Morgan fingerprint density at radius 1 is 1.14 bits per heavy atom. The molecule has 3 heteroatoms. The lowest BCUT2D eigenvalue weighted by atomic mass is 9.82. The summed E-state index contributed by atoms with van der Waals surface area (Å²) in [5, 5.41) is 18.8. The maximum absolute atomic E-state index is 9.38. The standard InChI is InChI=1S/C11H20O3/c1-2-9-5-10(7-12)3-4-11(6-9,8-13)14-10/h9,12-13H,2-8H2,1H3/t9?,10-,11+. The summed E-state index contributed by atoms with van der Waals surface area (Å²) in [5.74, 6) is 0.602. The molecule has 0 radical (unpaired) electrons. The van der Waals surface area contributed by atoms with Crippen molar-refractivity contribution in [3.05, 3.63) is 0 Å². The van der Waals surface area contributed by atoms with Crippen LogP contribution in [-0.2, 0) is 4.74 Å². The van der Waals surface area contributed by atoms with Gasteiger partial charge in [-0.25, -0.2) is 0 Å². The Bertz CT molecular complexity index is 199. The van der Waals surface area contributed by atoms with Gasteiger partial charge in [-0.15, -0.1) is 0 Å². The van der Waals surface area contributed by atoms with Gasteiger partial charge in [-0.3, -0.25) is 0 Å². The van der Waals surface area contributed by atoms with Gasteiger partial charge in [0.2, 0.25) is 0 Å². The van der Waals surface area contributed by atoms with Crippen LogP contribution < -0.4 is 0 Å². The van der Waals surface area contributed by atoms with Gasteiger partial charge in [0.15, 0.2) is 0 Å². The molecule has 2 bridgehead atoms. The number of rotatable bonds is 3. The van der Waals surface area contributed by atoms with Crippen molar-refractivity contribution in [2.75, 3.05) is 13.2 Å². The Balaban J connectivity index is 2.18. The molecule has 14 heavy (non-hydrogen) atoms. The second-order valence-corrected chi connectivity index (χ2v) is 4.97. The van der Waals surface area contributed by atoms with Crippen LogP contribution in [0, 0.1) is 5.92 Å². The Morgan fingerprint density at radius 3 is 2.00 bits per heavy atom. The summed E-state index contributed by atoms with van der Waals surface area (Å²) in [6.45, 7) is 2.38. The predicted octanol–water partition coefficient (Wildman–Crippen LogP) is 1.08. The van der Waals surface area contributed by atoms with Crippen molar-refractivity contribution in [2.24, 2.45) is 5.92 Å². The molecule has 0 aromatic carbocycles. The fourth-order valence-electron chi connectivity index (χ4n) is 3.07. The summed E-state index contributed by atoms with van der Waals surface area (Å²) >= 11 is 0. The Hall–Kier alpha value is -0.120. The molecule has 0 spiro atoms. The average Bonchev–Trinajstić information content (AvgIpc) is 2.52. The fraction of sp³-hybridized carbons (Fsp3) is 1.00. The van der Waals surface area contributed by atoms with Crippen molar-refractivity contribution in [1.29, 1.82) is 0 Å². The van der Waals surface area contributed by atoms with E-state index in [0.29, 0.717) is 5.92 Å². The van der Waals surface area contributed by atoms with Gasteiger partial charge in [-0.1, -0.05) is 13.3 Å². The molecule has 2 aliphatic heterocycles. The minimum absolute atomic E-state index is 0.102. The van der Waals surface area contributed by atoms with Gasteiger partial charge >= 0.3 is 0 Å². The predicted molar refractivity (Wildman–Crippen MR) is 53.0 cm³/mol. The van der Waals surface area contributed by atoms with Crippen LogP contribution in [0.3, 0.4) is 0 Å². The number of hydrogen-bond acceptors (Lipinski definition) is 3. The third kappa shape index (κ3) is 1.47. The molecule has 82 valence electrons. The van der Waals surface area contributed by atoms with Gasteiger partial charge in [0.1, 0.15) is 0 Å². The van der Waals surface area contributed by atoms with Crippen molar-refractivity contribution < 1.29 is 14.9 Å². The van der Waals surface area contributed by atoms with Crippen LogP contribution in [0.2, 0.25) is 0 Å². The molecule has 2 fully saturated rings. The lowest BCUT2D eigenvalue weighted by Gasteiger charge is -2.42. The summed E-state index contributed by atoms with van der Waals surface area (Å²) < 4.78 is 5.90. The smallest absolute Gasteiger partial charge is 0.0924 e. The van der Waals surface area contributed by atoms with Crippen LogP contribution in [0.4, 0.5) is 0 Å². The summed E-state index contributed by atoms with van der Waals surface area (Å²) in [7, 11) is 0. The van der Waals surface area contributed by atoms with Crippen molar-refractivity contribution in [1.82, 2.24) is 0 Å². The highest BCUT2D eigenvalue weighted by Gasteiger charge is 2.54. The van der Waals surface area contributed by atoms with Gasteiger partial charge in [0.05, 0.1) is 24.4 Å². The third-order valence-corrected chi connectivity index (χ3v) is 3.94. The SMILES string of the molecule is CCC1C[C@]2(CO)CC[C@](CO)(C1)O2. The number of hydrogen-bond donors (Lipinski definition) is 2. The minimum Gasteiger partial charge on any atom is -0.393 e. The lowest BCUT2D eigenvalue weighted by molar-refractivity contribution is -0.186. The van der Waals surface area contributed by atoms with E-state index in [2.05, 4.69) is 6.92 Å². The monoisotopic (exact) mass is 200 g/mol. The van der Waals surface area contributed by atoms with Crippen molar-refractivity contribution in [2.45, 2.75) is 50.2 Å². The van der Waals surface area contributed by atoms with Crippen LogP contribution in [-0.4, -0.2) is 34.6 Å². The molecule has 2 aliphatic rings. The van der Waals surface area contributed by atoms with Gasteiger partial charge in [-0.2, -0.15) is 0 Å². The average molecular weight is 200 g/mol. The van der Waals surface area contributed by atoms with E-state index in [0.717, 1.165) is 32.1 Å². The number of fused-ring (bicyclic) bond motifs is 2. The van der Waals surface area contributed by atoms with E-state index >= 15 is 0 Å². The van der Waals surface area contributed by atoms with E-state index < -0.39 is 0 Å². The van der Waals surface area contributed by atoms with E-state index in [4.69, 9.17) is 4.74 Å². The van der Waals surface area contributed by atoms with Gasteiger partial charge in [0.25, 0.3) is 0 Å². The summed E-state index contributed by atoms with van der Waals surface area (Å²) in [4.78, 5) is 0. The first kappa shape index (κ1) is 10.4. The topological polar surface area (TPSA) is 49.7 Å². The highest BCUT2D eigenvalue weighted by Crippen LogP contribution is 2.50. The maximum atomic E-state index is 9.38. The third-order valence-electron chi connectivity index (χ3n) is 3.94. The molecular weight excluding hydrogens is 180 g/mol. The van der Waals surface area contributed by atoms with Crippen LogP contribution in [0.1, 0.15) is 39.0 Å². The fourth-order valence-corrected chi connectivity index (χ4v) is 3.07. The van der Waals surface area contributed by atoms with Gasteiger partial charge in [0, 0.05) is 0 Å². The molecule has 0 saturated carbocycles. The van der Waals surface area contributed by atoms with Crippen molar-refractivity contribution >= 4 is 0 Å². The van der Waals surface area contributed by atoms with E-state index in [1.807, 2.05) is 0 Å². The van der Waals surface area contributed by atoms with Crippen LogP contribution in [0.15, 0.2) is 0 Å². The maximum Gasteiger partial charge on any atom is 0.0924 e. The van der Waals surface area contributed by atoms with Gasteiger partial charge < -0.3 is 14.9 Å².